The van der Waals surface area contributed by atoms with Crippen LogP contribution in [0.15, 0.2) is 30.5 Å². The van der Waals surface area contributed by atoms with Gasteiger partial charge in [0.05, 0.1) is 0 Å². The average molecular weight is 230 g/mol. The third kappa shape index (κ3) is 2.11. The van der Waals surface area contributed by atoms with Crippen LogP contribution in [0.2, 0.25) is 0 Å². The van der Waals surface area contributed by atoms with E-state index in [4.69, 9.17) is 9.47 Å². The highest BCUT2D eigenvalue weighted by atomic mass is 16.6. The highest BCUT2D eigenvalue weighted by Gasteiger charge is 2.21. The number of rotatable bonds is 2. The first kappa shape index (κ1) is 10.2. The summed E-state index contributed by atoms with van der Waals surface area (Å²) in [5.41, 5.74) is 1.07. The van der Waals surface area contributed by atoms with Gasteiger partial charge in [-0.05, 0) is 19.1 Å². The van der Waals surface area contributed by atoms with E-state index in [2.05, 4.69) is 9.97 Å². The van der Waals surface area contributed by atoms with Gasteiger partial charge in [0, 0.05) is 18.3 Å². The van der Waals surface area contributed by atoms with E-state index in [0.717, 1.165) is 29.4 Å². The Kier molecular flexibility index (Phi) is 2.48. The van der Waals surface area contributed by atoms with Crippen LogP contribution in [0.1, 0.15) is 11.5 Å². The smallest absolute Gasteiger partial charge is 0.161 e. The van der Waals surface area contributed by atoms with Gasteiger partial charge in [0.2, 0.25) is 0 Å². The van der Waals surface area contributed by atoms with E-state index in [1.807, 2.05) is 37.4 Å². The van der Waals surface area contributed by atoms with Gasteiger partial charge in [-0.2, -0.15) is 0 Å². The summed E-state index contributed by atoms with van der Waals surface area (Å²) >= 11 is 0. The summed E-state index contributed by atoms with van der Waals surface area (Å²) in [7, 11) is 0. The second-order valence-electron chi connectivity index (χ2n) is 4.21. The summed E-state index contributed by atoms with van der Waals surface area (Å²) in [6.45, 7) is 2.56. The summed E-state index contributed by atoms with van der Waals surface area (Å²) in [6, 6.07) is 7.73. The molecule has 0 saturated carbocycles. The van der Waals surface area contributed by atoms with E-state index in [9.17, 15) is 0 Å². The van der Waals surface area contributed by atoms with E-state index in [1.54, 1.807) is 0 Å². The van der Waals surface area contributed by atoms with Crippen LogP contribution in [0, 0.1) is 6.92 Å². The average Bonchev–Trinajstić information content (AvgIpc) is 2.75. The van der Waals surface area contributed by atoms with Crippen molar-refractivity contribution in [3.05, 3.63) is 42.0 Å². The monoisotopic (exact) mass is 230 g/mol. The molecule has 0 saturated heterocycles. The number of H-pyrrole nitrogens is 1. The van der Waals surface area contributed by atoms with E-state index >= 15 is 0 Å². The molecule has 88 valence electrons. The zero-order chi connectivity index (χ0) is 11.7. The maximum absolute atomic E-state index is 5.86. The molecule has 0 spiro atoms. The van der Waals surface area contributed by atoms with Crippen molar-refractivity contribution in [2.75, 3.05) is 6.61 Å². The fourth-order valence-electron chi connectivity index (χ4n) is 1.95. The molecule has 1 aromatic carbocycles. The van der Waals surface area contributed by atoms with Crippen LogP contribution in [0.4, 0.5) is 0 Å². The molecule has 1 aromatic heterocycles. The van der Waals surface area contributed by atoms with Crippen LogP contribution < -0.4 is 9.47 Å². The van der Waals surface area contributed by atoms with Gasteiger partial charge in [0.25, 0.3) is 0 Å². The maximum Gasteiger partial charge on any atom is 0.161 e. The number of para-hydroxylation sites is 2. The van der Waals surface area contributed by atoms with Gasteiger partial charge < -0.3 is 14.5 Å². The Labute approximate surface area is 99.6 Å². The van der Waals surface area contributed by atoms with Gasteiger partial charge in [-0.25, -0.2) is 4.98 Å². The molecule has 1 N–H and O–H groups in total. The Morgan fingerprint density at radius 2 is 2.18 bits per heavy atom. The number of hydrogen-bond donors (Lipinski definition) is 1. The SMILES string of the molecule is Cc1cnc(CC2COc3ccccc3O2)[nH]1. The van der Waals surface area contributed by atoms with Crippen molar-refractivity contribution in [2.24, 2.45) is 0 Å². The highest BCUT2D eigenvalue weighted by molar-refractivity contribution is 5.40. The summed E-state index contributed by atoms with van der Waals surface area (Å²) in [5.74, 6) is 2.57. The molecule has 0 aliphatic carbocycles. The Balaban J connectivity index is 1.72. The highest BCUT2D eigenvalue weighted by Crippen LogP contribution is 2.31. The summed E-state index contributed by atoms with van der Waals surface area (Å²) < 4.78 is 11.5. The molecule has 1 aliphatic heterocycles. The molecule has 4 nitrogen and oxygen atoms in total. The molecule has 0 amide bonds. The van der Waals surface area contributed by atoms with Gasteiger partial charge >= 0.3 is 0 Å². The van der Waals surface area contributed by atoms with Crippen molar-refractivity contribution in [3.63, 3.8) is 0 Å². The molecule has 2 aromatic rings. The number of aromatic nitrogens is 2. The van der Waals surface area contributed by atoms with Crippen LogP contribution in [-0.2, 0) is 6.42 Å². The van der Waals surface area contributed by atoms with Gasteiger partial charge in [0.1, 0.15) is 18.5 Å². The van der Waals surface area contributed by atoms with Gasteiger partial charge in [0.15, 0.2) is 11.5 Å². The second kappa shape index (κ2) is 4.13. The number of imidazole rings is 1. The fraction of sp³-hybridized carbons (Fsp3) is 0.308. The van der Waals surface area contributed by atoms with Crippen molar-refractivity contribution in [1.82, 2.24) is 9.97 Å². The van der Waals surface area contributed by atoms with Crippen LogP contribution in [0.3, 0.4) is 0 Å². The molecule has 4 heteroatoms. The van der Waals surface area contributed by atoms with Crippen LogP contribution in [0.25, 0.3) is 0 Å². The summed E-state index contributed by atoms with van der Waals surface area (Å²) in [4.78, 5) is 7.48. The Hall–Kier alpha value is -1.97. The Bertz CT molecular complexity index is 522. The van der Waals surface area contributed by atoms with Crippen LogP contribution in [0.5, 0.6) is 11.5 Å². The van der Waals surface area contributed by atoms with E-state index in [0.29, 0.717) is 6.61 Å². The second-order valence-corrected chi connectivity index (χ2v) is 4.21. The van der Waals surface area contributed by atoms with Crippen molar-refractivity contribution in [3.8, 4) is 11.5 Å². The molecule has 17 heavy (non-hydrogen) atoms. The molecule has 0 fully saturated rings. The van der Waals surface area contributed by atoms with E-state index in [-0.39, 0.29) is 6.10 Å². The lowest BCUT2D eigenvalue weighted by Crippen LogP contribution is -2.31. The number of benzene rings is 1. The molecule has 3 rings (SSSR count). The number of fused-ring (bicyclic) bond motifs is 1. The summed E-state index contributed by atoms with van der Waals surface area (Å²) in [6.07, 6.45) is 2.59. The topological polar surface area (TPSA) is 47.1 Å². The van der Waals surface area contributed by atoms with Crippen LogP contribution in [-0.4, -0.2) is 22.7 Å². The molecule has 1 atom stereocenters. The predicted octanol–water partition coefficient (Wildman–Crippen LogP) is 2.10. The number of hydrogen-bond acceptors (Lipinski definition) is 3. The quantitative estimate of drug-likeness (QED) is 0.859. The molecule has 0 bridgehead atoms. The molecule has 0 radical (unpaired) electrons. The normalized spacial score (nSPS) is 18.1. The number of nitrogens with one attached hydrogen (secondary N) is 1. The largest absolute Gasteiger partial charge is 0.486 e. The lowest BCUT2D eigenvalue weighted by Gasteiger charge is -2.25. The number of aromatic amines is 1. The maximum atomic E-state index is 5.86. The molecule has 1 aliphatic rings. The minimum Gasteiger partial charge on any atom is -0.486 e. The standard InChI is InChI=1S/C13H14N2O2/c1-9-7-14-13(15-9)6-10-8-16-11-4-2-3-5-12(11)17-10/h2-5,7,10H,6,8H2,1H3,(H,14,15). The lowest BCUT2D eigenvalue weighted by molar-refractivity contribution is 0.0900. The Morgan fingerprint density at radius 3 is 2.94 bits per heavy atom. The zero-order valence-electron chi connectivity index (χ0n) is 9.64. The van der Waals surface area contributed by atoms with Crippen molar-refractivity contribution < 1.29 is 9.47 Å². The first-order valence-corrected chi connectivity index (χ1v) is 5.70. The predicted molar refractivity (Wildman–Crippen MR) is 63.4 cm³/mol. The first-order chi connectivity index (χ1) is 8.31. The number of aryl methyl sites for hydroxylation is 1. The zero-order valence-corrected chi connectivity index (χ0v) is 9.64. The van der Waals surface area contributed by atoms with E-state index < -0.39 is 0 Å². The van der Waals surface area contributed by atoms with Gasteiger partial charge in [-0.3, -0.25) is 0 Å². The molecule has 2 heterocycles. The number of nitrogens with zero attached hydrogens (tertiary/aromatic N) is 1. The lowest BCUT2D eigenvalue weighted by atomic mass is 10.2. The minimum absolute atomic E-state index is 0.0236. The molecular formula is C13H14N2O2. The van der Waals surface area contributed by atoms with Crippen molar-refractivity contribution in [2.45, 2.75) is 19.4 Å². The third-order valence-corrected chi connectivity index (χ3v) is 2.74. The van der Waals surface area contributed by atoms with Crippen molar-refractivity contribution >= 4 is 0 Å². The molecular weight excluding hydrogens is 216 g/mol. The molecule has 1 unspecified atom stereocenters. The third-order valence-electron chi connectivity index (χ3n) is 2.74. The van der Waals surface area contributed by atoms with Gasteiger partial charge in [-0.15, -0.1) is 0 Å². The first-order valence-electron chi connectivity index (χ1n) is 5.70. The van der Waals surface area contributed by atoms with Crippen LogP contribution >= 0.6 is 0 Å². The minimum atomic E-state index is 0.0236. The Morgan fingerprint density at radius 1 is 1.35 bits per heavy atom. The van der Waals surface area contributed by atoms with Gasteiger partial charge in [-0.1, -0.05) is 12.1 Å². The number of ether oxygens (including phenoxy) is 2. The fourth-order valence-corrected chi connectivity index (χ4v) is 1.95. The van der Waals surface area contributed by atoms with E-state index in [1.165, 1.54) is 0 Å². The van der Waals surface area contributed by atoms with Crippen molar-refractivity contribution in [1.29, 1.82) is 0 Å². The summed E-state index contributed by atoms with van der Waals surface area (Å²) in [5, 5.41) is 0.